The van der Waals surface area contributed by atoms with Crippen molar-refractivity contribution in [3.05, 3.63) is 35.6 Å². The van der Waals surface area contributed by atoms with Crippen LogP contribution in [-0.4, -0.2) is 19.2 Å². The summed E-state index contributed by atoms with van der Waals surface area (Å²) in [6.45, 7) is 0. The fourth-order valence-electron chi connectivity index (χ4n) is 1.34. The molecule has 0 saturated carbocycles. The SMILES string of the molecule is COC(=O)[C@@H]1O[C@H]1c1cccc(F)c1. The minimum absolute atomic E-state index is 0.332. The van der Waals surface area contributed by atoms with Crippen molar-refractivity contribution in [3.8, 4) is 0 Å². The molecule has 0 N–H and O–H groups in total. The largest absolute Gasteiger partial charge is 0.467 e. The van der Waals surface area contributed by atoms with Crippen molar-refractivity contribution in [2.75, 3.05) is 7.11 Å². The second-order valence-corrected chi connectivity index (χ2v) is 3.06. The maximum Gasteiger partial charge on any atom is 0.338 e. The number of esters is 1. The van der Waals surface area contributed by atoms with Crippen LogP contribution in [0.2, 0.25) is 0 Å². The van der Waals surface area contributed by atoms with Crippen LogP contribution in [0.15, 0.2) is 24.3 Å². The van der Waals surface area contributed by atoms with E-state index < -0.39 is 12.1 Å². The monoisotopic (exact) mass is 196 g/mol. The van der Waals surface area contributed by atoms with Crippen LogP contribution < -0.4 is 0 Å². The molecule has 4 heteroatoms. The van der Waals surface area contributed by atoms with Gasteiger partial charge < -0.3 is 9.47 Å². The molecule has 0 radical (unpaired) electrons. The lowest BCUT2D eigenvalue weighted by atomic mass is 10.1. The van der Waals surface area contributed by atoms with Crippen molar-refractivity contribution in [1.29, 1.82) is 0 Å². The van der Waals surface area contributed by atoms with Crippen LogP contribution in [0.25, 0.3) is 0 Å². The van der Waals surface area contributed by atoms with Gasteiger partial charge in [-0.3, -0.25) is 0 Å². The molecule has 2 rings (SSSR count). The Kier molecular flexibility index (Phi) is 2.21. The van der Waals surface area contributed by atoms with E-state index in [1.807, 2.05) is 0 Å². The molecule has 0 unspecified atom stereocenters. The van der Waals surface area contributed by atoms with Gasteiger partial charge in [0.25, 0.3) is 0 Å². The van der Waals surface area contributed by atoms with Gasteiger partial charge in [-0.2, -0.15) is 0 Å². The van der Waals surface area contributed by atoms with Gasteiger partial charge in [-0.1, -0.05) is 12.1 Å². The van der Waals surface area contributed by atoms with Gasteiger partial charge in [0.15, 0.2) is 6.10 Å². The van der Waals surface area contributed by atoms with Crippen molar-refractivity contribution in [2.24, 2.45) is 0 Å². The Hall–Kier alpha value is -1.42. The number of benzene rings is 1. The topological polar surface area (TPSA) is 38.8 Å². The van der Waals surface area contributed by atoms with E-state index in [-0.39, 0.29) is 11.9 Å². The number of ether oxygens (including phenoxy) is 2. The summed E-state index contributed by atoms with van der Waals surface area (Å²) in [5, 5.41) is 0. The molecule has 0 aliphatic carbocycles. The van der Waals surface area contributed by atoms with Crippen molar-refractivity contribution in [3.63, 3.8) is 0 Å². The Labute approximate surface area is 80.4 Å². The normalized spacial score (nSPS) is 24.4. The molecule has 1 aliphatic heterocycles. The number of epoxide rings is 1. The minimum atomic E-state index is -0.568. The average Bonchev–Trinajstić information content (AvgIpc) is 2.96. The lowest BCUT2D eigenvalue weighted by molar-refractivity contribution is -0.142. The molecule has 0 bridgehead atoms. The molecule has 0 spiro atoms. The fraction of sp³-hybridized carbons (Fsp3) is 0.300. The zero-order valence-electron chi connectivity index (χ0n) is 7.57. The van der Waals surface area contributed by atoms with Crippen molar-refractivity contribution in [2.45, 2.75) is 12.2 Å². The Balaban J connectivity index is 2.09. The molecule has 2 atom stereocenters. The van der Waals surface area contributed by atoms with Crippen molar-refractivity contribution in [1.82, 2.24) is 0 Å². The summed E-state index contributed by atoms with van der Waals surface area (Å²) in [4.78, 5) is 11.0. The van der Waals surface area contributed by atoms with E-state index in [1.165, 1.54) is 19.2 Å². The predicted octanol–water partition coefficient (Wildman–Crippen LogP) is 1.44. The zero-order valence-corrected chi connectivity index (χ0v) is 7.57. The highest BCUT2D eigenvalue weighted by molar-refractivity contribution is 5.78. The highest BCUT2D eigenvalue weighted by atomic mass is 19.1. The minimum Gasteiger partial charge on any atom is -0.467 e. The number of rotatable bonds is 2. The molecule has 0 aromatic heterocycles. The molecule has 74 valence electrons. The number of hydrogen-bond donors (Lipinski definition) is 0. The van der Waals surface area contributed by atoms with E-state index in [0.29, 0.717) is 5.56 Å². The van der Waals surface area contributed by atoms with E-state index in [2.05, 4.69) is 4.74 Å². The molecule has 1 heterocycles. The van der Waals surface area contributed by atoms with Gasteiger partial charge in [0, 0.05) is 0 Å². The molecule has 1 aromatic rings. The summed E-state index contributed by atoms with van der Waals surface area (Å²) in [6, 6.07) is 6.00. The molecule has 1 aromatic carbocycles. The first-order valence-corrected chi connectivity index (χ1v) is 4.21. The van der Waals surface area contributed by atoms with E-state index in [0.717, 1.165) is 0 Å². The van der Waals surface area contributed by atoms with Crippen LogP contribution in [-0.2, 0) is 14.3 Å². The van der Waals surface area contributed by atoms with Crippen LogP contribution in [0.1, 0.15) is 11.7 Å². The Morgan fingerprint density at radius 3 is 3.00 bits per heavy atom. The van der Waals surface area contributed by atoms with Gasteiger partial charge in [0.05, 0.1) is 7.11 Å². The van der Waals surface area contributed by atoms with Crippen LogP contribution in [0, 0.1) is 5.82 Å². The number of carbonyl (C=O) groups is 1. The van der Waals surface area contributed by atoms with Crippen molar-refractivity contribution < 1.29 is 18.7 Å². The second-order valence-electron chi connectivity index (χ2n) is 3.06. The van der Waals surface area contributed by atoms with E-state index >= 15 is 0 Å². The smallest absolute Gasteiger partial charge is 0.338 e. The maximum atomic E-state index is 12.8. The quantitative estimate of drug-likeness (QED) is 0.530. The van der Waals surface area contributed by atoms with Gasteiger partial charge in [-0.05, 0) is 17.7 Å². The van der Waals surface area contributed by atoms with E-state index in [4.69, 9.17) is 4.74 Å². The molecule has 0 amide bonds. The summed E-state index contributed by atoms with van der Waals surface area (Å²) >= 11 is 0. The van der Waals surface area contributed by atoms with Crippen LogP contribution in [0.5, 0.6) is 0 Å². The summed E-state index contributed by atoms with van der Waals surface area (Å²) < 4.78 is 22.4. The first-order valence-electron chi connectivity index (χ1n) is 4.21. The van der Waals surface area contributed by atoms with Gasteiger partial charge in [0.2, 0.25) is 0 Å². The van der Waals surface area contributed by atoms with Gasteiger partial charge >= 0.3 is 5.97 Å². The third-order valence-electron chi connectivity index (χ3n) is 2.10. The Morgan fingerprint density at radius 2 is 2.36 bits per heavy atom. The number of halogens is 1. The number of carbonyl (C=O) groups excluding carboxylic acids is 1. The molecular weight excluding hydrogens is 187 g/mol. The lowest BCUT2D eigenvalue weighted by Crippen LogP contribution is -2.09. The Bertz CT molecular complexity index is 364. The first kappa shape index (κ1) is 9.15. The van der Waals surface area contributed by atoms with Gasteiger partial charge in [0.1, 0.15) is 11.9 Å². The summed E-state index contributed by atoms with van der Waals surface area (Å²) in [7, 11) is 1.30. The van der Waals surface area contributed by atoms with Gasteiger partial charge in [-0.15, -0.1) is 0 Å². The van der Waals surface area contributed by atoms with Crippen LogP contribution in [0.4, 0.5) is 4.39 Å². The van der Waals surface area contributed by atoms with Gasteiger partial charge in [-0.25, -0.2) is 9.18 Å². The Morgan fingerprint density at radius 1 is 1.57 bits per heavy atom. The number of methoxy groups -OCH3 is 1. The lowest BCUT2D eigenvalue weighted by Gasteiger charge is -1.95. The number of hydrogen-bond acceptors (Lipinski definition) is 3. The van der Waals surface area contributed by atoms with Crippen LogP contribution in [0.3, 0.4) is 0 Å². The summed E-state index contributed by atoms with van der Waals surface area (Å²) in [6.07, 6.45) is -0.917. The van der Waals surface area contributed by atoms with Crippen molar-refractivity contribution >= 4 is 5.97 Å². The third-order valence-corrected chi connectivity index (χ3v) is 2.10. The molecule has 14 heavy (non-hydrogen) atoms. The average molecular weight is 196 g/mol. The zero-order chi connectivity index (χ0) is 10.1. The standard InChI is InChI=1S/C10H9FO3/c1-13-10(12)9-8(14-9)6-3-2-4-7(11)5-6/h2-5,8-9H,1H3/t8-,9+/m0/s1. The highest BCUT2D eigenvalue weighted by Crippen LogP contribution is 2.39. The summed E-state index contributed by atoms with van der Waals surface area (Å²) in [5.74, 6) is -0.749. The van der Waals surface area contributed by atoms with Crippen LogP contribution >= 0.6 is 0 Å². The van der Waals surface area contributed by atoms with E-state index in [1.54, 1.807) is 12.1 Å². The molecule has 1 saturated heterocycles. The highest BCUT2D eigenvalue weighted by Gasteiger charge is 2.47. The molecule has 3 nitrogen and oxygen atoms in total. The fourth-order valence-corrected chi connectivity index (χ4v) is 1.34. The third kappa shape index (κ3) is 1.61. The first-order chi connectivity index (χ1) is 6.72. The molecule has 1 aliphatic rings. The second kappa shape index (κ2) is 3.38. The predicted molar refractivity (Wildman–Crippen MR) is 46.0 cm³/mol. The molecule has 1 fully saturated rings. The maximum absolute atomic E-state index is 12.8. The summed E-state index contributed by atoms with van der Waals surface area (Å²) in [5.41, 5.74) is 0.667. The van der Waals surface area contributed by atoms with E-state index in [9.17, 15) is 9.18 Å². The molecular formula is C10H9FO3.